The molecule has 4 aromatic rings. The molecular weight excluding hydrogens is 462 g/mol. The average molecular weight is 494 g/mol. The quantitative estimate of drug-likeness (QED) is 0.355. The maximum Gasteiger partial charge on any atom is 0.251 e. The number of amides is 1. The van der Waals surface area contributed by atoms with E-state index in [0.29, 0.717) is 34.9 Å². The zero-order chi connectivity index (χ0) is 25.8. The molecule has 0 unspecified atom stereocenters. The fourth-order valence-corrected chi connectivity index (χ4v) is 4.40. The number of nitrogens with one attached hydrogen (secondary N) is 2. The van der Waals surface area contributed by atoms with Crippen molar-refractivity contribution in [2.45, 2.75) is 39.7 Å². The summed E-state index contributed by atoms with van der Waals surface area (Å²) in [4.78, 5) is 33.3. The van der Waals surface area contributed by atoms with E-state index in [-0.39, 0.29) is 5.91 Å². The number of hydrogen-bond acceptors (Lipinski definition) is 7. The Balaban J connectivity index is 1.34. The highest BCUT2D eigenvalue weighted by Crippen LogP contribution is 2.26. The molecule has 0 aliphatic carbocycles. The van der Waals surface area contributed by atoms with Crippen LogP contribution in [-0.2, 0) is 6.54 Å². The number of anilines is 3. The molecule has 5 rings (SSSR count). The number of fused-ring (bicyclic) bond motifs is 1. The molecule has 2 N–H and O–H groups in total. The van der Waals surface area contributed by atoms with Crippen molar-refractivity contribution in [3.8, 4) is 0 Å². The molecule has 8 heteroatoms. The molecule has 188 valence electrons. The lowest BCUT2D eigenvalue weighted by atomic mass is 10.1. The number of carbonyl (C=O) groups is 1. The molecule has 0 saturated carbocycles. The van der Waals surface area contributed by atoms with Gasteiger partial charge in [-0.15, -0.1) is 0 Å². The maximum atomic E-state index is 12.9. The van der Waals surface area contributed by atoms with Crippen LogP contribution in [0.5, 0.6) is 0 Å². The number of hydrogen-bond donors (Lipinski definition) is 2. The summed E-state index contributed by atoms with van der Waals surface area (Å²) in [5.74, 6) is 1.14. The van der Waals surface area contributed by atoms with Gasteiger partial charge in [0.25, 0.3) is 5.91 Å². The number of nitrogens with zero attached hydrogens (tertiary/aromatic N) is 5. The van der Waals surface area contributed by atoms with Crippen LogP contribution < -0.4 is 15.5 Å². The van der Waals surface area contributed by atoms with Gasteiger partial charge in [0, 0.05) is 30.9 Å². The summed E-state index contributed by atoms with van der Waals surface area (Å²) in [5.41, 5.74) is 6.80. The molecule has 0 radical (unpaired) electrons. The third-order valence-electron chi connectivity index (χ3n) is 6.66. The highest BCUT2D eigenvalue weighted by molar-refractivity contribution is 5.96. The highest BCUT2D eigenvalue weighted by Gasteiger charge is 2.16. The number of aryl methyl sites for hydroxylation is 1. The minimum absolute atomic E-state index is 0.144. The third-order valence-corrected chi connectivity index (χ3v) is 6.66. The van der Waals surface area contributed by atoms with E-state index in [4.69, 9.17) is 4.98 Å². The molecule has 2 aromatic heterocycles. The van der Waals surface area contributed by atoms with Gasteiger partial charge in [-0.05, 0) is 61.9 Å². The van der Waals surface area contributed by atoms with E-state index in [1.165, 1.54) is 12.7 Å². The van der Waals surface area contributed by atoms with Crippen LogP contribution in [0.2, 0.25) is 0 Å². The summed E-state index contributed by atoms with van der Waals surface area (Å²) >= 11 is 0. The summed E-state index contributed by atoms with van der Waals surface area (Å²) < 4.78 is 0. The van der Waals surface area contributed by atoms with E-state index in [1.807, 2.05) is 56.3 Å². The van der Waals surface area contributed by atoms with Crippen LogP contribution in [0.25, 0.3) is 16.6 Å². The van der Waals surface area contributed by atoms with E-state index in [2.05, 4.69) is 37.1 Å². The Kier molecular flexibility index (Phi) is 7.07. The van der Waals surface area contributed by atoms with Gasteiger partial charge in [0.1, 0.15) is 17.4 Å². The van der Waals surface area contributed by atoms with Gasteiger partial charge in [-0.3, -0.25) is 4.79 Å². The summed E-state index contributed by atoms with van der Waals surface area (Å²) in [6.45, 7) is 10.3. The molecule has 0 atom stereocenters. The van der Waals surface area contributed by atoms with Crippen LogP contribution in [0.4, 0.5) is 17.5 Å². The monoisotopic (exact) mass is 493 g/mol. The second-order valence-corrected chi connectivity index (χ2v) is 9.49. The summed E-state index contributed by atoms with van der Waals surface area (Å²) in [6, 6.07) is 13.6. The normalized spacial score (nSPS) is 13.4. The molecular formula is C29H31N7O. The lowest BCUT2D eigenvalue weighted by Gasteiger charge is -2.26. The Bertz CT molecular complexity index is 1440. The van der Waals surface area contributed by atoms with Crippen LogP contribution in [-0.4, -0.2) is 38.9 Å². The minimum Gasteiger partial charge on any atom is -0.348 e. The standard InChI is InChI=1S/C29H31N7O/c1-19(2)22-11-8-21(9-12-22)16-30-28(37)23-10-7-20(3)24(15-23)34-27-26-25(32-18-33-27)17-31-29(35-26)36-13-5-4-6-14-36/h7-12,15,17-18H,1,4-6,13-14,16H2,2-3H3,(H,30,37)(H,32,33,34). The largest absolute Gasteiger partial charge is 0.348 e. The van der Waals surface area contributed by atoms with Gasteiger partial charge in [-0.1, -0.05) is 42.5 Å². The third kappa shape index (κ3) is 5.58. The molecule has 1 aliphatic rings. The van der Waals surface area contributed by atoms with Gasteiger partial charge >= 0.3 is 0 Å². The van der Waals surface area contributed by atoms with Gasteiger partial charge in [0.05, 0.1) is 6.20 Å². The van der Waals surface area contributed by atoms with Crippen LogP contribution in [0.15, 0.2) is 61.6 Å². The van der Waals surface area contributed by atoms with Gasteiger partial charge < -0.3 is 15.5 Å². The molecule has 2 aromatic carbocycles. The molecule has 1 aliphatic heterocycles. The first-order chi connectivity index (χ1) is 18.0. The molecule has 8 nitrogen and oxygen atoms in total. The molecule has 1 amide bonds. The van der Waals surface area contributed by atoms with Gasteiger partial charge in [0.2, 0.25) is 5.95 Å². The zero-order valence-corrected chi connectivity index (χ0v) is 21.3. The number of benzene rings is 2. The fourth-order valence-electron chi connectivity index (χ4n) is 4.40. The van der Waals surface area contributed by atoms with Crippen molar-refractivity contribution in [2.75, 3.05) is 23.3 Å². The maximum absolute atomic E-state index is 12.9. The SMILES string of the molecule is C=C(C)c1ccc(CNC(=O)c2ccc(C)c(Nc3ncnc4cnc(N5CCCCC5)nc34)c2)cc1. The van der Waals surface area contributed by atoms with Gasteiger partial charge in [0.15, 0.2) is 5.82 Å². The number of carbonyl (C=O) groups excluding carboxylic acids is 1. The second-order valence-electron chi connectivity index (χ2n) is 9.49. The van der Waals surface area contributed by atoms with E-state index >= 15 is 0 Å². The Hall–Kier alpha value is -4.33. The molecule has 3 heterocycles. The first-order valence-corrected chi connectivity index (χ1v) is 12.6. The topological polar surface area (TPSA) is 95.9 Å². The van der Waals surface area contributed by atoms with Crippen molar-refractivity contribution < 1.29 is 4.79 Å². The van der Waals surface area contributed by atoms with E-state index in [0.717, 1.165) is 53.9 Å². The predicted molar refractivity (Wildman–Crippen MR) is 148 cm³/mol. The number of rotatable bonds is 7. The van der Waals surface area contributed by atoms with E-state index in [9.17, 15) is 4.79 Å². The van der Waals surface area contributed by atoms with Crippen LogP contribution in [0.3, 0.4) is 0 Å². The lowest BCUT2D eigenvalue weighted by Crippen LogP contribution is -2.31. The summed E-state index contributed by atoms with van der Waals surface area (Å²) in [5, 5.41) is 6.39. The Morgan fingerprint density at radius 1 is 1.00 bits per heavy atom. The lowest BCUT2D eigenvalue weighted by molar-refractivity contribution is 0.0951. The van der Waals surface area contributed by atoms with E-state index < -0.39 is 0 Å². The number of aromatic nitrogens is 4. The first-order valence-electron chi connectivity index (χ1n) is 12.6. The van der Waals surface area contributed by atoms with Crippen LogP contribution in [0, 0.1) is 6.92 Å². The van der Waals surface area contributed by atoms with Crippen molar-refractivity contribution in [2.24, 2.45) is 0 Å². The first kappa shape index (κ1) is 24.4. The Morgan fingerprint density at radius 2 is 1.76 bits per heavy atom. The molecule has 1 fully saturated rings. The van der Waals surface area contributed by atoms with Crippen molar-refractivity contribution >= 4 is 40.0 Å². The Morgan fingerprint density at radius 3 is 2.51 bits per heavy atom. The predicted octanol–water partition coefficient (Wildman–Crippen LogP) is 5.43. The zero-order valence-electron chi connectivity index (χ0n) is 21.3. The smallest absolute Gasteiger partial charge is 0.251 e. The van der Waals surface area contributed by atoms with Crippen LogP contribution in [0.1, 0.15) is 53.2 Å². The molecule has 1 saturated heterocycles. The van der Waals surface area contributed by atoms with Gasteiger partial charge in [-0.2, -0.15) is 0 Å². The molecule has 0 spiro atoms. The molecule has 37 heavy (non-hydrogen) atoms. The number of piperidine rings is 1. The molecule has 0 bridgehead atoms. The van der Waals surface area contributed by atoms with Gasteiger partial charge in [-0.25, -0.2) is 19.9 Å². The van der Waals surface area contributed by atoms with Crippen molar-refractivity contribution in [1.82, 2.24) is 25.3 Å². The number of allylic oxidation sites excluding steroid dienone is 1. The van der Waals surface area contributed by atoms with Crippen molar-refractivity contribution in [1.29, 1.82) is 0 Å². The van der Waals surface area contributed by atoms with Crippen molar-refractivity contribution in [3.63, 3.8) is 0 Å². The Labute approximate surface area is 216 Å². The average Bonchev–Trinajstić information content (AvgIpc) is 2.93. The minimum atomic E-state index is -0.144. The second kappa shape index (κ2) is 10.7. The highest BCUT2D eigenvalue weighted by atomic mass is 16.1. The fraction of sp³-hybridized carbons (Fsp3) is 0.276. The van der Waals surface area contributed by atoms with Crippen molar-refractivity contribution in [3.05, 3.63) is 83.8 Å². The van der Waals surface area contributed by atoms with E-state index in [1.54, 1.807) is 6.20 Å². The summed E-state index contributed by atoms with van der Waals surface area (Å²) in [7, 11) is 0. The van der Waals surface area contributed by atoms with Crippen LogP contribution >= 0.6 is 0 Å². The summed E-state index contributed by atoms with van der Waals surface area (Å²) in [6.07, 6.45) is 6.78.